The molecule has 10 heteroatoms. The molecule has 0 radical (unpaired) electrons. The lowest BCUT2D eigenvalue weighted by Gasteiger charge is -2.32. The highest BCUT2D eigenvalue weighted by molar-refractivity contribution is 7.94. The van der Waals surface area contributed by atoms with Gasteiger partial charge in [-0.05, 0) is 42.0 Å². The zero-order valence-corrected chi connectivity index (χ0v) is 19.4. The molecule has 1 fully saturated rings. The maximum atomic E-state index is 14.0. The lowest BCUT2D eigenvalue weighted by molar-refractivity contribution is -0.123. The van der Waals surface area contributed by atoms with Crippen molar-refractivity contribution in [2.45, 2.75) is 11.4 Å². The van der Waals surface area contributed by atoms with Gasteiger partial charge < -0.3 is 9.64 Å². The normalized spacial score (nSPS) is 20.8. The minimum atomic E-state index is -4.31. The molecule has 34 heavy (non-hydrogen) atoms. The number of carbonyl (C=O) groups is 2. The minimum Gasteiger partial charge on any atom is -0.495 e. The zero-order chi connectivity index (χ0) is 24.3. The zero-order valence-electron chi connectivity index (χ0n) is 17.9. The molecule has 2 aliphatic rings. The highest BCUT2D eigenvalue weighted by atomic mass is 35.5. The van der Waals surface area contributed by atoms with Crippen molar-refractivity contribution in [2.75, 3.05) is 22.7 Å². The summed E-state index contributed by atoms with van der Waals surface area (Å²) in [6.45, 7) is -0.00119. The van der Waals surface area contributed by atoms with E-state index in [-0.39, 0.29) is 22.8 Å². The molecule has 2 heterocycles. The van der Waals surface area contributed by atoms with Gasteiger partial charge in [-0.3, -0.25) is 14.5 Å². The van der Waals surface area contributed by atoms with E-state index in [2.05, 4.69) is 0 Å². The van der Waals surface area contributed by atoms with Crippen molar-refractivity contribution in [3.05, 3.63) is 88.7 Å². The van der Waals surface area contributed by atoms with Gasteiger partial charge in [-0.15, -0.1) is 0 Å². The number of rotatable bonds is 4. The van der Waals surface area contributed by atoms with Crippen LogP contribution in [0.2, 0.25) is 5.02 Å². The molecule has 1 spiro atoms. The van der Waals surface area contributed by atoms with Gasteiger partial charge in [-0.1, -0.05) is 41.9 Å². The van der Waals surface area contributed by atoms with Crippen molar-refractivity contribution in [3.63, 3.8) is 0 Å². The van der Waals surface area contributed by atoms with E-state index in [4.69, 9.17) is 16.3 Å². The molecule has 0 aromatic heterocycles. The van der Waals surface area contributed by atoms with Crippen LogP contribution in [0, 0.1) is 5.82 Å². The maximum Gasteiger partial charge on any atom is 0.274 e. The van der Waals surface area contributed by atoms with E-state index in [9.17, 15) is 22.4 Å². The molecule has 3 aromatic rings. The summed E-state index contributed by atoms with van der Waals surface area (Å²) in [6.07, 6.45) is 0. The first-order valence-electron chi connectivity index (χ1n) is 10.3. The summed E-state index contributed by atoms with van der Waals surface area (Å²) in [5.74, 6) is -2.45. The van der Waals surface area contributed by atoms with Gasteiger partial charge in [0.15, 0.2) is 9.84 Å². The summed E-state index contributed by atoms with van der Waals surface area (Å²) in [4.78, 5) is 27.2. The number of amides is 2. The summed E-state index contributed by atoms with van der Waals surface area (Å²) in [6, 6.07) is 16.4. The smallest absolute Gasteiger partial charge is 0.274 e. The van der Waals surface area contributed by atoms with Crippen molar-refractivity contribution >= 4 is 44.6 Å². The first kappa shape index (κ1) is 22.4. The Kier molecular flexibility index (Phi) is 5.14. The Hall–Kier alpha value is -3.43. The van der Waals surface area contributed by atoms with Crippen molar-refractivity contribution in [1.29, 1.82) is 0 Å². The largest absolute Gasteiger partial charge is 0.495 e. The van der Waals surface area contributed by atoms with Crippen LogP contribution < -0.4 is 14.5 Å². The second-order valence-corrected chi connectivity index (χ2v) is 10.5. The molecule has 174 valence electrons. The SMILES string of the molecule is COc1ccc(N2C(=O)CS(=O)(=O)[C@]23C(=O)N(Cc2ccc(F)cc2)c2ccccc23)cc1Cl. The lowest BCUT2D eigenvalue weighted by atomic mass is 10.0. The van der Waals surface area contributed by atoms with E-state index in [0.717, 1.165) is 4.90 Å². The topological polar surface area (TPSA) is 84.0 Å². The summed E-state index contributed by atoms with van der Waals surface area (Å²) < 4.78 is 45.7. The molecule has 2 amide bonds. The third-order valence-corrected chi connectivity index (χ3v) is 8.47. The predicted molar refractivity (Wildman–Crippen MR) is 125 cm³/mol. The summed E-state index contributed by atoms with van der Waals surface area (Å²) >= 11 is 6.27. The number of fused-ring (bicyclic) bond motifs is 2. The van der Waals surface area contributed by atoms with Crippen LogP contribution in [-0.4, -0.2) is 33.1 Å². The van der Waals surface area contributed by atoms with Crippen LogP contribution in [0.4, 0.5) is 15.8 Å². The van der Waals surface area contributed by atoms with Crippen molar-refractivity contribution < 1.29 is 27.1 Å². The Morgan fingerprint density at radius 3 is 2.44 bits per heavy atom. The molecule has 0 saturated carbocycles. The van der Waals surface area contributed by atoms with E-state index < -0.39 is 38.1 Å². The Bertz CT molecular complexity index is 1440. The van der Waals surface area contributed by atoms with Crippen LogP contribution in [-0.2, 0) is 30.8 Å². The van der Waals surface area contributed by atoms with E-state index in [1.165, 1.54) is 60.5 Å². The van der Waals surface area contributed by atoms with Crippen molar-refractivity contribution in [2.24, 2.45) is 0 Å². The van der Waals surface area contributed by atoms with Gasteiger partial charge in [0.2, 0.25) is 5.91 Å². The van der Waals surface area contributed by atoms with Crippen LogP contribution in [0.15, 0.2) is 66.7 Å². The summed E-state index contributed by atoms with van der Waals surface area (Å²) in [5.41, 5.74) is 1.30. The molecular formula is C24H18ClFN2O5S. The number of halogens is 2. The third-order valence-electron chi connectivity index (χ3n) is 6.07. The molecule has 1 saturated heterocycles. The summed E-state index contributed by atoms with van der Waals surface area (Å²) in [5, 5.41) is 0.161. The van der Waals surface area contributed by atoms with Crippen molar-refractivity contribution in [1.82, 2.24) is 0 Å². The van der Waals surface area contributed by atoms with Gasteiger partial charge in [0.25, 0.3) is 10.8 Å². The first-order valence-corrected chi connectivity index (χ1v) is 12.3. The molecule has 7 nitrogen and oxygen atoms in total. The first-order chi connectivity index (χ1) is 16.2. The number of anilines is 2. The van der Waals surface area contributed by atoms with Gasteiger partial charge in [-0.2, -0.15) is 0 Å². The number of nitrogens with zero attached hydrogens (tertiary/aromatic N) is 2. The predicted octanol–water partition coefficient (Wildman–Crippen LogP) is 3.65. The van der Waals surface area contributed by atoms with Crippen LogP contribution in [0.25, 0.3) is 0 Å². The van der Waals surface area contributed by atoms with Crippen LogP contribution in [0.5, 0.6) is 5.75 Å². The third kappa shape index (κ3) is 3.04. The second-order valence-electron chi connectivity index (χ2n) is 7.99. The number of benzene rings is 3. The quantitative estimate of drug-likeness (QED) is 0.546. The lowest BCUT2D eigenvalue weighted by Crippen LogP contribution is -2.54. The van der Waals surface area contributed by atoms with Crippen LogP contribution >= 0.6 is 11.6 Å². The molecule has 1 atom stereocenters. The number of ether oxygens (including phenoxy) is 1. The average molecular weight is 501 g/mol. The standard InChI is InChI=1S/C24H18ClFN2O5S/c1-33-21-11-10-17(12-19(21)25)28-22(29)14-34(31,32)24(28)18-4-2-3-5-20(18)27(23(24)30)13-15-6-8-16(26)9-7-15/h2-12H,13-14H2,1H3/t24-/m1/s1. The highest BCUT2D eigenvalue weighted by Gasteiger charge is 2.69. The molecule has 3 aromatic carbocycles. The Balaban J connectivity index is 1.72. The van der Waals surface area contributed by atoms with Gasteiger partial charge >= 0.3 is 0 Å². The van der Waals surface area contributed by atoms with Gasteiger partial charge in [0.05, 0.1) is 24.4 Å². The van der Waals surface area contributed by atoms with Crippen LogP contribution in [0.3, 0.4) is 0 Å². The fourth-order valence-electron chi connectivity index (χ4n) is 4.62. The molecule has 2 aliphatic heterocycles. The van der Waals surface area contributed by atoms with E-state index >= 15 is 0 Å². The number of para-hydroxylation sites is 1. The number of methoxy groups -OCH3 is 1. The Labute approximate surface area is 200 Å². The number of sulfone groups is 1. The summed E-state index contributed by atoms with van der Waals surface area (Å²) in [7, 11) is -2.88. The number of carbonyl (C=O) groups excluding carboxylic acids is 2. The highest BCUT2D eigenvalue weighted by Crippen LogP contribution is 2.53. The average Bonchev–Trinajstić information content (AvgIpc) is 3.18. The Morgan fingerprint density at radius 1 is 1.06 bits per heavy atom. The van der Waals surface area contributed by atoms with E-state index in [1.54, 1.807) is 18.2 Å². The van der Waals surface area contributed by atoms with E-state index in [0.29, 0.717) is 17.0 Å². The van der Waals surface area contributed by atoms with E-state index in [1.807, 2.05) is 0 Å². The van der Waals surface area contributed by atoms with Crippen LogP contribution in [0.1, 0.15) is 11.1 Å². The van der Waals surface area contributed by atoms with Crippen molar-refractivity contribution in [3.8, 4) is 5.75 Å². The number of hydrogen-bond acceptors (Lipinski definition) is 5. The second kappa shape index (κ2) is 7.82. The fraction of sp³-hybridized carbons (Fsp3) is 0.167. The van der Waals surface area contributed by atoms with Gasteiger partial charge in [0, 0.05) is 11.3 Å². The van der Waals surface area contributed by atoms with Gasteiger partial charge in [0.1, 0.15) is 17.3 Å². The molecule has 5 rings (SSSR count). The van der Waals surface area contributed by atoms with Gasteiger partial charge in [-0.25, -0.2) is 12.8 Å². The monoisotopic (exact) mass is 500 g/mol. The molecule has 0 aliphatic carbocycles. The maximum absolute atomic E-state index is 14.0. The minimum absolute atomic E-state index is 0.00119. The molecule has 0 N–H and O–H groups in total. The Morgan fingerprint density at radius 2 is 1.76 bits per heavy atom. The molecule has 0 bridgehead atoms. The number of hydrogen-bond donors (Lipinski definition) is 0. The molecular weight excluding hydrogens is 483 g/mol. The fourth-order valence-corrected chi connectivity index (χ4v) is 6.90. The molecule has 0 unspecified atom stereocenters.